The summed E-state index contributed by atoms with van der Waals surface area (Å²) in [6.45, 7) is 2.05. The van der Waals surface area contributed by atoms with Gasteiger partial charge in [-0.05, 0) is 12.0 Å². The predicted octanol–water partition coefficient (Wildman–Crippen LogP) is 0.747. The number of hydrogen-bond acceptors (Lipinski definition) is 3. The Kier molecular flexibility index (Phi) is 2.68. The molecule has 0 bridgehead atoms. The zero-order chi connectivity index (χ0) is 9.14. The van der Waals surface area contributed by atoms with Gasteiger partial charge in [-0.15, -0.1) is 0 Å². The Bertz CT molecular complexity index is 268. The lowest BCUT2D eigenvalue weighted by molar-refractivity contribution is 0.775. The van der Waals surface area contributed by atoms with E-state index in [-0.39, 0.29) is 0 Å². The summed E-state index contributed by atoms with van der Waals surface area (Å²) in [5.74, 6) is 0. The van der Waals surface area contributed by atoms with Crippen molar-refractivity contribution in [3.8, 4) is 0 Å². The molecule has 6 N–H and O–H groups in total. The maximum Gasteiger partial charge on any atom is 0.0804 e. The maximum atomic E-state index is 5.83. The van der Waals surface area contributed by atoms with Crippen molar-refractivity contribution in [2.45, 2.75) is 19.5 Å². The largest absolute Gasteiger partial charge is 0.398 e. The first-order valence-electron chi connectivity index (χ1n) is 4.05. The Morgan fingerprint density at radius 2 is 2.00 bits per heavy atom. The fourth-order valence-electron chi connectivity index (χ4n) is 1.23. The van der Waals surface area contributed by atoms with E-state index in [0.29, 0.717) is 0 Å². The fourth-order valence-corrected chi connectivity index (χ4v) is 1.23. The molecule has 0 aromatic heterocycles. The number of para-hydroxylation sites is 1. The minimum absolute atomic E-state index is 0.475. The van der Waals surface area contributed by atoms with E-state index < -0.39 is 6.17 Å². The lowest BCUT2D eigenvalue weighted by Crippen LogP contribution is -2.21. The molecule has 0 atom stereocenters. The Labute approximate surface area is 72.5 Å². The molecule has 0 unspecified atom stereocenters. The van der Waals surface area contributed by atoms with Crippen LogP contribution in [-0.4, -0.2) is 0 Å². The lowest BCUT2D eigenvalue weighted by Gasteiger charge is -2.12. The molecule has 0 fully saturated rings. The van der Waals surface area contributed by atoms with Crippen LogP contribution >= 0.6 is 0 Å². The molecule has 1 rings (SSSR count). The van der Waals surface area contributed by atoms with E-state index in [4.69, 9.17) is 17.2 Å². The van der Waals surface area contributed by atoms with Crippen LogP contribution in [0, 0.1) is 0 Å². The molecule has 3 heteroatoms. The van der Waals surface area contributed by atoms with Crippen LogP contribution in [0.4, 0.5) is 5.69 Å². The first kappa shape index (κ1) is 9.03. The van der Waals surface area contributed by atoms with Crippen LogP contribution in [0.1, 0.15) is 24.2 Å². The zero-order valence-corrected chi connectivity index (χ0v) is 7.25. The molecule has 0 saturated heterocycles. The first-order valence-corrected chi connectivity index (χ1v) is 4.05. The molecule has 0 aliphatic rings. The van der Waals surface area contributed by atoms with E-state index >= 15 is 0 Å². The fraction of sp³-hybridized carbons (Fsp3) is 0.333. The number of hydrogen-bond donors (Lipinski definition) is 3. The minimum Gasteiger partial charge on any atom is -0.398 e. The monoisotopic (exact) mass is 165 g/mol. The van der Waals surface area contributed by atoms with Crippen LogP contribution < -0.4 is 17.2 Å². The first-order chi connectivity index (χ1) is 5.66. The quantitative estimate of drug-likeness (QED) is 0.447. The van der Waals surface area contributed by atoms with Gasteiger partial charge < -0.3 is 17.2 Å². The van der Waals surface area contributed by atoms with Gasteiger partial charge in [-0.1, -0.05) is 25.1 Å². The zero-order valence-electron chi connectivity index (χ0n) is 7.25. The highest BCUT2D eigenvalue weighted by Crippen LogP contribution is 2.20. The van der Waals surface area contributed by atoms with E-state index in [1.807, 2.05) is 18.2 Å². The highest BCUT2D eigenvalue weighted by molar-refractivity contribution is 5.54. The topological polar surface area (TPSA) is 78.1 Å². The van der Waals surface area contributed by atoms with Crippen LogP contribution in [0.25, 0.3) is 0 Å². The van der Waals surface area contributed by atoms with Gasteiger partial charge >= 0.3 is 0 Å². The Morgan fingerprint density at radius 3 is 2.50 bits per heavy atom. The molecule has 0 saturated carbocycles. The van der Waals surface area contributed by atoms with Gasteiger partial charge in [0.25, 0.3) is 0 Å². The van der Waals surface area contributed by atoms with Crippen molar-refractivity contribution in [3.63, 3.8) is 0 Å². The lowest BCUT2D eigenvalue weighted by atomic mass is 10.0. The molecule has 12 heavy (non-hydrogen) atoms. The van der Waals surface area contributed by atoms with Gasteiger partial charge in [0.1, 0.15) is 0 Å². The third-order valence-corrected chi connectivity index (χ3v) is 1.97. The summed E-state index contributed by atoms with van der Waals surface area (Å²) in [7, 11) is 0. The van der Waals surface area contributed by atoms with Crippen molar-refractivity contribution in [3.05, 3.63) is 29.3 Å². The minimum atomic E-state index is -0.475. The third kappa shape index (κ3) is 1.57. The number of nitrogens with two attached hydrogens (primary N) is 3. The van der Waals surface area contributed by atoms with Gasteiger partial charge in [0.05, 0.1) is 6.17 Å². The number of aryl methyl sites for hydroxylation is 1. The molecule has 0 spiro atoms. The van der Waals surface area contributed by atoms with Crippen LogP contribution in [0.5, 0.6) is 0 Å². The van der Waals surface area contributed by atoms with Gasteiger partial charge in [-0.25, -0.2) is 0 Å². The van der Waals surface area contributed by atoms with Gasteiger partial charge in [-0.2, -0.15) is 0 Å². The molecular formula is C9H15N3. The molecule has 3 nitrogen and oxygen atoms in total. The SMILES string of the molecule is CCc1cccc(C(N)N)c1N. The van der Waals surface area contributed by atoms with Crippen molar-refractivity contribution in [1.29, 1.82) is 0 Å². The molecule has 1 aromatic rings. The van der Waals surface area contributed by atoms with Gasteiger partial charge in [-0.3, -0.25) is 0 Å². The highest BCUT2D eigenvalue weighted by Gasteiger charge is 2.06. The summed E-state index contributed by atoms with van der Waals surface area (Å²) in [4.78, 5) is 0. The molecule has 66 valence electrons. The summed E-state index contributed by atoms with van der Waals surface area (Å²) in [5, 5.41) is 0. The van der Waals surface area contributed by atoms with E-state index in [2.05, 4.69) is 6.92 Å². The summed E-state index contributed by atoms with van der Waals surface area (Å²) in [6.07, 6.45) is 0.434. The smallest absolute Gasteiger partial charge is 0.0804 e. The van der Waals surface area contributed by atoms with Gasteiger partial charge in [0, 0.05) is 11.3 Å². The van der Waals surface area contributed by atoms with Crippen LogP contribution in [0.3, 0.4) is 0 Å². The Balaban J connectivity index is 3.14. The molecule has 0 heterocycles. The van der Waals surface area contributed by atoms with Gasteiger partial charge in [0.15, 0.2) is 0 Å². The second-order valence-corrected chi connectivity index (χ2v) is 2.80. The normalized spacial score (nSPS) is 10.7. The standard InChI is InChI=1S/C9H15N3/c1-2-6-4-3-5-7(8(6)10)9(11)12/h3-5,9H,2,10-12H2,1H3. The van der Waals surface area contributed by atoms with Crippen molar-refractivity contribution < 1.29 is 0 Å². The van der Waals surface area contributed by atoms with Crippen molar-refractivity contribution >= 4 is 5.69 Å². The molecule has 0 aliphatic carbocycles. The van der Waals surface area contributed by atoms with E-state index in [1.165, 1.54) is 0 Å². The van der Waals surface area contributed by atoms with Crippen molar-refractivity contribution in [1.82, 2.24) is 0 Å². The van der Waals surface area contributed by atoms with Crippen LogP contribution in [-0.2, 0) is 6.42 Å². The number of nitrogen functional groups attached to an aromatic ring is 1. The van der Waals surface area contributed by atoms with E-state index in [9.17, 15) is 0 Å². The molecule has 0 aliphatic heterocycles. The summed E-state index contributed by atoms with van der Waals surface area (Å²) < 4.78 is 0. The second-order valence-electron chi connectivity index (χ2n) is 2.80. The Hall–Kier alpha value is -1.06. The average molecular weight is 165 g/mol. The molecular weight excluding hydrogens is 150 g/mol. The number of anilines is 1. The molecule has 1 aromatic carbocycles. The molecule has 0 radical (unpaired) electrons. The summed E-state index contributed by atoms with van der Waals surface area (Å²) in [5.41, 5.74) is 19.6. The summed E-state index contributed by atoms with van der Waals surface area (Å²) in [6, 6.07) is 5.78. The predicted molar refractivity (Wildman–Crippen MR) is 51.3 cm³/mol. The number of rotatable bonds is 2. The average Bonchev–Trinajstić information content (AvgIpc) is 2.04. The van der Waals surface area contributed by atoms with E-state index in [1.54, 1.807) is 0 Å². The van der Waals surface area contributed by atoms with E-state index in [0.717, 1.165) is 23.2 Å². The second kappa shape index (κ2) is 3.56. The van der Waals surface area contributed by atoms with Crippen LogP contribution in [0.15, 0.2) is 18.2 Å². The Morgan fingerprint density at radius 1 is 1.33 bits per heavy atom. The van der Waals surface area contributed by atoms with Crippen molar-refractivity contribution in [2.24, 2.45) is 11.5 Å². The third-order valence-electron chi connectivity index (χ3n) is 1.97. The number of benzene rings is 1. The van der Waals surface area contributed by atoms with Gasteiger partial charge in [0.2, 0.25) is 0 Å². The summed E-state index contributed by atoms with van der Waals surface area (Å²) >= 11 is 0. The highest BCUT2D eigenvalue weighted by atomic mass is 14.9. The molecule has 0 amide bonds. The van der Waals surface area contributed by atoms with Crippen molar-refractivity contribution in [2.75, 3.05) is 5.73 Å². The van der Waals surface area contributed by atoms with Crippen LogP contribution in [0.2, 0.25) is 0 Å². The maximum absolute atomic E-state index is 5.83.